The summed E-state index contributed by atoms with van der Waals surface area (Å²) in [5.41, 5.74) is 3.47. The molecule has 0 aliphatic carbocycles. The fourth-order valence-electron chi connectivity index (χ4n) is 3.19. The highest BCUT2D eigenvalue weighted by Crippen LogP contribution is 2.24. The number of rotatable bonds is 8. The summed E-state index contributed by atoms with van der Waals surface area (Å²) in [4.78, 5) is 7.05. The van der Waals surface area contributed by atoms with Crippen molar-refractivity contribution >= 4 is 35.6 Å². The number of halogens is 1. The van der Waals surface area contributed by atoms with E-state index in [1.807, 2.05) is 18.2 Å². The Kier molecular flexibility index (Phi) is 9.79. The molecule has 0 spiro atoms. The van der Waals surface area contributed by atoms with E-state index in [0.717, 1.165) is 42.7 Å². The van der Waals surface area contributed by atoms with Gasteiger partial charge in [0.25, 0.3) is 0 Å². The number of ether oxygens (including phenoxy) is 2. The van der Waals surface area contributed by atoms with Gasteiger partial charge in [-0.1, -0.05) is 24.3 Å². The van der Waals surface area contributed by atoms with Gasteiger partial charge in [0, 0.05) is 43.5 Å². The fourth-order valence-corrected chi connectivity index (χ4v) is 3.19. The Labute approximate surface area is 196 Å². The predicted octanol–water partition coefficient (Wildman–Crippen LogP) is 3.95. The molecule has 7 heteroatoms. The fraction of sp³-hybridized carbons (Fsp3) is 0.348. The maximum absolute atomic E-state index is 5.47. The lowest BCUT2D eigenvalue weighted by molar-refractivity contribution is 0.390. The van der Waals surface area contributed by atoms with Gasteiger partial charge < -0.3 is 25.0 Å². The minimum atomic E-state index is 0. The number of methoxy groups -OCH3 is 2. The third-order valence-corrected chi connectivity index (χ3v) is 4.82. The van der Waals surface area contributed by atoms with Gasteiger partial charge in [-0.25, -0.2) is 4.99 Å². The van der Waals surface area contributed by atoms with Gasteiger partial charge in [0.05, 0.1) is 20.8 Å². The minimum Gasteiger partial charge on any atom is -0.497 e. The van der Waals surface area contributed by atoms with E-state index in [0.29, 0.717) is 13.1 Å². The summed E-state index contributed by atoms with van der Waals surface area (Å²) in [6, 6.07) is 14.4. The van der Waals surface area contributed by atoms with Gasteiger partial charge in [-0.15, -0.1) is 24.0 Å². The van der Waals surface area contributed by atoms with Crippen LogP contribution in [0.5, 0.6) is 11.5 Å². The van der Waals surface area contributed by atoms with E-state index in [2.05, 4.69) is 58.9 Å². The molecule has 30 heavy (non-hydrogen) atoms. The van der Waals surface area contributed by atoms with Gasteiger partial charge in [0.1, 0.15) is 11.5 Å². The van der Waals surface area contributed by atoms with Crippen molar-refractivity contribution < 1.29 is 9.47 Å². The zero-order valence-corrected chi connectivity index (χ0v) is 20.2. The van der Waals surface area contributed by atoms with Crippen molar-refractivity contribution in [3.05, 3.63) is 65.7 Å². The van der Waals surface area contributed by atoms with E-state index in [1.54, 1.807) is 14.2 Å². The van der Waals surface area contributed by atoms with Crippen molar-refractivity contribution in [3.63, 3.8) is 0 Å². The van der Waals surface area contributed by atoms with Crippen LogP contribution in [-0.2, 0) is 13.1 Å². The molecule has 1 aliphatic heterocycles. The van der Waals surface area contributed by atoms with Crippen LogP contribution in [-0.4, -0.2) is 39.8 Å². The van der Waals surface area contributed by atoms with Crippen LogP contribution in [0.2, 0.25) is 0 Å². The molecule has 1 heterocycles. The SMILES string of the molecule is CCNC(=NCc1ccc(N2CC=CC2)cc1)NCc1ccc(OC)cc1OC.I. The molecule has 6 nitrogen and oxygen atoms in total. The van der Waals surface area contributed by atoms with Crippen molar-refractivity contribution in [2.75, 3.05) is 38.8 Å². The monoisotopic (exact) mass is 522 g/mol. The Morgan fingerprint density at radius 3 is 2.37 bits per heavy atom. The number of guanidine groups is 1. The smallest absolute Gasteiger partial charge is 0.191 e. The van der Waals surface area contributed by atoms with Crippen LogP contribution in [0, 0.1) is 0 Å². The van der Waals surface area contributed by atoms with E-state index in [4.69, 9.17) is 14.5 Å². The average molecular weight is 522 g/mol. The summed E-state index contributed by atoms with van der Waals surface area (Å²) in [7, 11) is 3.32. The van der Waals surface area contributed by atoms with Crippen molar-refractivity contribution in [2.45, 2.75) is 20.0 Å². The molecule has 0 saturated carbocycles. The molecule has 2 aromatic carbocycles. The minimum absolute atomic E-state index is 0. The third kappa shape index (κ3) is 6.55. The molecule has 0 unspecified atom stereocenters. The molecule has 0 radical (unpaired) electrons. The molecule has 0 saturated heterocycles. The van der Waals surface area contributed by atoms with Gasteiger partial charge in [0.2, 0.25) is 0 Å². The van der Waals surface area contributed by atoms with Gasteiger partial charge in [0.15, 0.2) is 5.96 Å². The van der Waals surface area contributed by atoms with Crippen molar-refractivity contribution in [2.24, 2.45) is 4.99 Å². The number of hydrogen-bond acceptors (Lipinski definition) is 4. The van der Waals surface area contributed by atoms with Crippen LogP contribution in [0.1, 0.15) is 18.1 Å². The lowest BCUT2D eigenvalue weighted by atomic mass is 10.2. The molecular weight excluding hydrogens is 491 g/mol. The van der Waals surface area contributed by atoms with Gasteiger partial charge in [-0.2, -0.15) is 0 Å². The Hall–Kier alpha value is -2.42. The van der Waals surface area contributed by atoms with E-state index < -0.39 is 0 Å². The summed E-state index contributed by atoms with van der Waals surface area (Å²) in [6.45, 7) is 6.06. The summed E-state index contributed by atoms with van der Waals surface area (Å²) >= 11 is 0. The van der Waals surface area contributed by atoms with Crippen LogP contribution in [0.4, 0.5) is 5.69 Å². The first-order valence-corrected chi connectivity index (χ1v) is 9.95. The summed E-state index contributed by atoms with van der Waals surface area (Å²) in [5, 5.41) is 6.67. The van der Waals surface area contributed by atoms with E-state index in [-0.39, 0.29) is 24.0 Å². The Morgan fingerprint density at radius 2 is 1.73 bits per heavy atom. The van der Waals surface area contributed by atoms with Crippen molar-refractivity contribution in [3.8, 4) is 11.5 Å². The standard InChI is InChI=1S/C23H30N4O2.HI/c1-4-24-23(26-17-19-9-12-21(28-2)15-22(19)29-3)25-16-18-7-10-20(11-8-18)27-13-5-6-14-27;/h5-12,15H,4,13-14,16-17H2,1-3H3,(H2,24,25,26);1H. The first-order chi connectivity index (χ1) is 14.2. The number of hydrogen-bond donors (Lipinski definition) is 2. The molecule has 0 bridgehead atoms. The normalized spacial score (nSPS) is 13.0. The first-order valence-electron chi connectivity index (χ1n) is 9.95. The largest absolute Gasteiger partial charge is 0.497 e. The number of nitrogens with zero attached hydrogens (tertiary/aromatic N) is 2. The molecular formula is C23H31IN4O2. The molecule has 162 valence electrons. The zero-order chi connectivity index (χ0) is 20.5. The Balaban J connectivity index is 0.00000320. The zero-order valence-electron chi connectivity index (χ0n) is 17.9. The van der Waals surface area contributed by atoms with E-state index >= 15 is 0 Å². The molecule has 2 aromatic rings. The second kappa shape index (κ2) is 12.3. The predicted molar refractivity (Wildman–Crippen MR) is 134 cm³/mol. The summed E-state index contributed by atoms with van der Waals surface area (Å²) in [5.74, 6) is 2.34. The Morgan fingerprint density at radius 1 is 1.00 bits per heavy atom. The number of nitrogens with one attached hydrogen (secondary N) is 2. The van der Waals surface area contributed by atoms with Gasteiger partial charge >= 0.3 is 0 Å². The van der Waals surface area contributed by atoms with Crippen LogP contribution in [0.3, 0.4) is 0 Å². The van der Waals surface area contributed by atoms with E-state index in [1.165, 1.54) is 11.3 Å². The van der Waals surface area contributed by atoms with Crippen molar-refractivity contribution in [1.29, 1.82) is 0 Å². The second-order valence-electron chi connectivity index (χ2n) is 6.77. The molecule has 0 atom stereocenters. The molecule has 2 N–H and O–H groups in total. The van der Waals surface area contributed by atoms with E-state index in [9.17, 15) is 0 Å². The molecule has 0 aromatic heterocycles. The highest BCUT2D eigenvalue weighted by Gasteiger charge is 2.08. The maximum atomic E-state index is 5.47. The average Bonchev–Trinajstić information content (AvgIpc) is 3.31. The number of benzene rings is 2. The van der Waals surface area contributed by atoms with Gasteiger partial charge in [-0.3, -0.25) is 0 Å². The first kappa shape index (κ1) is 23.9. The molecule has 0 fully saturated rings. The molecule has 0 amide bonds. The second-order valence-corrected chi connectivity index (χ2v) is 6.77. The molecule has 1 aliphatic rings. The lowest BCUT2D eigenvalue weighted by Gasteiger charge is -2.17. The highest BCUT2D eigenvalue weighted by atomic mass is 127. The molecule has 3 rings (SSSR count). The van der Waals surface area contributed by atoms with Gasteiger partial charge in [-0.05, 0) is 36.8 Å². The van der Waals surface area contributed by atoms with Crippen LogP contribution in [0.25, 0.3) is 0 Å². The number of anilines is 1. The highest BCUT2D eigenvalue weighted by molar-refractivity contribution is 14.0. The topological polar surface area (TPSA) is 58.1 Å². The summed E-state index contributed by atoms with van der Waals surface area (Å²) in [6.07, 6.45) is 4.40. The van der Waals surface area contributed by atoms with Crippen LogP contribution < -0.4 is 25.0 Å². The maximum Gasteiger partial charge on any atom is 0.191 e. The van der Waals surface area contributed by atoms with Crippen LogP contribution >= 0.6 is 24.0 Å². The lowest BCUT2D eigenvalue weighted by Crippen LogP contribution is -2.36. The van der Waals surface area contributed by atoms with Crippen LogP contribution in [0.15, 0.2) is 59.6 Å². The Bertz CT molecular complexity index is 845. The quantitative estimate of drug-likeness (QED) is 0.238. The third-order valence-electron chi connectivity index (χ3n) is 4.82. The van der Waals surface area contributed by atoms with Crippen molar-refractivity contribution in [1.82, 2.24) is 10.6 Å². The summed E-state index contributed by atoms with van der Waals surface area (Å²) < 4.78 is 10.7. The number of aliphatic imine (C=N–C) groups is 1.